The minimum atomic E-state index is -0.726. The molecule has 5 nitrogen and oxygen atoms in total. The van der Waals surface area contributed by atoms with E-state index >= 15 is 0 Å². The van der Waals surface area contributed by atoms with Gasteiger partial charge in [-0.05, 0) is 25.7 Å². The van der Waals surface area contributed by atoms with Gasteiger partial charge in [-0.2, -0.15) is 5.10 Å². The number of carbonyl (C=O) groups is 1. The van der Waals surface area contributed by atoms with E-state index < -0.39 is 5.60 Å². The molecule has 0 bridgehead atoms. The number of carbonyl (C=O) groups excluding carboxylic acids is 1. The third-order valence-electron chi connectivity index (χ3n) is 4.25. The van der Waals surface area contributed by atoms with Crippen LogP contribution in [0.15, 0.2) is 6.20 Å². The predicted octanol–water partition coefficient (Wildman–Crippen LogP) is 2.27. The number of nitrogens with zero attached hydrogens (tertiary/aromatic N) is 2. The zero-order valence-electron chi connectivity index (χ0n) is 13.4. The molecule has 1 aromatic heterocycles. The van der Waals surface area contributed by atoms with Crippen LogP contribution in [0.25, 0.3) is 0 Å². The maximum atomic E-state index is 12.3. The topological polar surface area (TPSA) is 67.2 Å². The lowest BCUT2D eigenvalue weighted by Crippen LogP contribution is -2.44. The van der Waals surface area contributed by atoms with Gasteiger partial charge in [-0.3, -0.25) is 9.48 Å². The summed E-state index contributed by atoms with van der Waals surface area (Å²) >= 11 is 0. The molecule has 1 aliphatic carbocycles. The molecule has 1 aromatic rings. The number of hydrogen-bond donors (Lipinski definition) is 2. The fraction of sp³-hybridized carbons (Fsp3) is 0.750. The maximum absolute atomic E-state index is 12.3. The van der Waals surface area contributed by atoms with Crippen molar-refractivity contribution in [1.29, 1.82) is 0 Å². The Kier molecular flexibility index (Phi) is 5.04. The van der Waals surface area contributed by atoms with Gasteiger partial charge < -0.3 is 10.4 Å². The van der Waals surface area contributed by atoms with Crippen molar-refractivity contribution >= 4 is 5.91 Å². The van der Waals surface area contributed by atoms with Crippen molar-refractivity contribution in [2.75, 3.05) is 6.54 Å². The first-order valence-corrected chi connectivity index (χ1v) is 7.94. The minimum absolute atomic E-state index is 0.137. The lowest BCUT2D eigenvalue weighted by molar-refractivity contribution is 0.00525. The fourth-order valence-electron chi connectivity index (χ4n) is 2.93. The molecule has 0 spiro atoms. The van der Waals surface area contributed by atoms with E-state index in [1.807, 2.05) is 11.6 Å². The van der Waals surface area contributed by atoms with Gasteiger partial charge in [0.25, 0.3) is 5.91 Å². The molecule has 0 unspecified atom stereocenters. The standard InChI is InChI=1S/C16H27N3O2/c1-12(2)10-19-13(3)14(9-18-19)15(20)17-11-16(21)7-5-4-6-8-16/h9,12,21H,4-8,10-11H2,1-3H3,(H,17,20). The van der Waals surface area contributed by atoms with Gasteiger partial charge in [-0.15, -0.1) is 0 Å². The van der Waals surface area contributed by atoms with Gasteiger partial charge in [0, 0.05) is 18.8 Å². The summed E-state index contributed by atoms with van der Waals surface area (Å²) in [6, 6.07) is 0. The first-order chi connectivity index (χ1) is 9.91. The quantitative estimate of drug-likeness (QED) is 0.875. The van der Waals surface area contributed by atoms with E-state index in [0.29, 0.717) is 18.0 Å². The smallest absolute Gasteiger partial charge is 0.254 e. The molecule has 21 heavy (non-hydrogen) atoms. The Bertz CT molecular complexity index is 488. The van der Waals surface area contributed by atoms with Crippen LogP contribution in [0.4, 0.5) is 0 Å². The largest absolute Gasteiger partial charge is 0.388 e. The molecule has 0 aliphatic heterocycles. The maximum Gasteiger partial charge on any atom is 0.254 e. The van der Waals surface area contributed by atoms with Crippen molar-refractivity contribution in [1.82, 2.24) is 15.1 Å². The molecule has 5 heteroatoms. The Labute approximate surface area is 126 Å². The SMILES string of the molecule is Cc1c(C(=O)NCC2(O)CCCCC2)cnn1CC(C)C. The Morgan fingerprint density at radius 1 is 1.43 bits per heavy atom. The van der Waals surface area contributed by atoms with E-state index in [2.05, 4.69) is 24.3 Å². The van der Waals surface area contributed by atoms with Gasteiger partial charge in [0.05, 0.1) is 17.4 Å². The van der Waals surface area contributed by atoms with Crippen molar-refractivity contribution < 1.29 is 9.90 Å². The van der Waals surface area contributed by atoms with Crippen molar-refractivity contribution in [3.63, 3.8) is 0 Å². The van der Waals surface area contributed by atoms with Gasteiger partial charge in [0.1, 0.15) is 0 Å². The molecule has 1 fully saturated rings. The summed E-state index contributed by atoms with van der Waals surface area (Å²) < 4.78 is 1.87. The van der Waals surface area contributed by atoms with Crippen molar-refractivity contribution in [2.45, 2.75) is 65.0 Å². The monoisotopic (exact) mass is 293 g/mol. The second-order valence-corrected chi connectivity index (χ2v) is 6.69. The van der Waals surface area contributed by atoms with Crippen LogP contribution >= 0.6 is 0 Å². The summed E-state index contributed by atoms with van der Waals surface area (Å²) in [4.78, 5) is 12.3. The molecule has 0 radical (unpaired) electrons. The number of aromatic nitrogens is 2. The molecule has 1 saturated carbocycles. The van der Waals surface area contributed by atoms with E-state index in [1.54, 1.807) is 6.20 Å². The van der Waals surface area contributed by atoms with Crippen LogP contribution in [0.3, 0.4) is 0 Å². The Hall–Kier alpha value is -1.36. The number of amides is 1. The van der Waals surface area contributed by atoms with E-state index in [9.17, 15) is 9.90 Å². The van der Waals surface area contributed by atoms with Gasteiger partial charge in [0.15, 0.2) is 0 Å². The molecular formula is C16H27N3O2. The fourth-order valence-corrected chi connectivity index (χ4v) is 2.93. The molecule has 2 rings (SSSR count). The molecule has 1 heterocycles. The van der Waals surface area contributed by atoms with Gasteiger partial charge in [0.2, 0.25) is 0 Å². The summed E-state index contributed by atoms with van der Waals surface area (Å²) in [7, 11) is 0. The number of hydrogen-bond acceptors (Lipinski definition) is 3. The van der Waals surface area contributed by atoms with Crippen LogP contribution < -0.4 is 5.32 Å². The van der Waals surface area contributed by atoms with E-state index in [-0.39, 0.29) is 5.91 Å². The summed E-state index contributed by atoms with van der Waals surface area (Å²) in [5.41, 5.74) is 0.766. The minimum Gasteiger partial charge on any atom is -0.388 e. The third-order valence-corrected chi connectivity index (χ3v) is 4.25. The molecule has 0 saturated heterocycles. The van der Waals surface area contributed by atoms with Crippen LogP contribution in [-0.2, 0) is 6.54 Å². The second kappa shape index (κ2) is 6.60. The van der Waals surface area contributed by atoms with Crippen LogP contribution in [0.2, 0.25) is 0 Å². The molecule has 1 aliphatic rings. The van der Waals surface area contributed by atoms with Crippen LogP contribution in [-0.4, -0.2) is 32.9 Å². The number of aliphatic hydroxyl groups is 1. The Balaban J connectivity index is 1.95. The molecule has 2 N–H and O–H groups in total. The van der Waals surface area contributed by atoms with Crippen molar-refractivity contribution in [2.24, 2.45) is 5.92 Å². The van der Waals surface area contributed by atoms with Gasteiger partial charge >= 0.3 is 0 Å². The lowest BCUT2D eigenvalue weighted by Gasteiger charge is -2.32. The zero-order chi connectivity index (χ0) is 15.5. The van der Waals surface area contributed by atoms with E-state index in [1.165, 1.54) is 6.42 Å². The second-order valence-electron chi connectivity index (χ2n) is 6.69. The van der Waals surface area contributed by atoms with E-state index in [4.69, 9.17) is 0 Å². The molecule has 0 atom stereocenters. The predicted molar refractivity (Wildman–Crippen MR) is 82.2 cm³/mol. The Morgan fingerprint density at radius 3 is 2.71 bits per heavy atom. The third kappa shape index (κ3) is 4.06. The normalized spacial score (nSPS) is 18.0. The van der Waals surface area contributed by atoms with Crippen LogP contribution in [0.1, 0.15) is 62.0 Å². The average molecular weight is 293 g/mol. The lowest BCUT2D eigenvalue weighted by atomic mass is 9.85. The highest BCUT2D eigenvalue weighted by Crippen LogP contribution is 2.27. The van der Waals surface area contributed by atoms with Crippen LogP contribution in [0.5, 0.6) is 0 Å². The molecule has 0 aromatic carbocycles. The van der Waals surface area contributed by atoms with Gasteiger partial charge in [-0.25, -0.2) is 0 Å². The summed E-state index contributed by atoms with van der Waals surface area (Å²) in [6.45, 7) is 7.31. The summed E-state index contributed by atoms with van der Waals surface area (Å²) in [6.07, 6.45) is 6.43. The summed E-state index contributed by atoms with van der Waals surface area (Å²) in [5, 5.41) is 17.6. The van der Waals surface area contributed by atoms with Crippen molar-refractivity contribution in [3.05, 3.63) is 17.5 Å². The molecule has 1 amide bonds. The first kappa shape index (κ1) is 16.0. The van der Waals surface area contributed by atoms with Gasteiger partial charge in [-0.1, -0.05) is 33.1 Å². The first-order valence-electron chi connectivity index (χ1n) is 7.94. The highest BCUT2D eigenvalue weighted by Gasteiger charge is 2.29. The molecule has 118 valence electrons. The van der Waals surface area contributed by atoms with Crippen molar-refractivity contribution in [3.8, 4) is 0 Å². The Morgan fingerprint density at radius 2 is 2.10 bits per heavy atom. The molecular weight excluding hydrogens is 266 g/mol. The van der Waals surface area contributed by atoms with E-state index in [0.717, 1.165) is 37.9 Å². The number of nitrogens with one attached hydrogen (secondary N) is 1. The average Bonchev–Trinajstić information content (AvgIpc) is 2.78. The number of rotatable bonds is 5. The van der Waals surface area contributed by atoms with Crippen LogP contribution in [0, 0.1) is 12.8 Å². The zero-order valence-corrected chi connectivity index (χ0v) is 13.4. The highest BCUT2D eigenvalue weighted by atomic mass is 16.3. The summed E-state index contributed by atoms with van der Waals surface area (Å²) in [5.74, 6) is 0.351. The highest BCUT2D eigenvalue weighted by molar-refractivity contribution is 5.95.